The lowest BCUT2D eigenvalue weighted by Crippen LogP contribution is -3.13. The Balaban J connectivity index is 1.66. The number of nitrogens with one attached hydrogen (secondary N) is 1. The summed E-state index contributed by atoms with van der Waals surface area (Å²) in [6.07, 6.45) is 5.01. The van der Waals surface area contributed by atoms with Crippen LogP contribution in [0.5, 0.6) is 0 Å². The van der Waals surface area contributed by atoms with Crippen molar-refractivity contribution in [2.75, 3.05) is 20.6 Å². The van der Waals surface area contributed by atoms with Gasteiger partial charge in [0.05, 0.1) is 11.4 Å². The van der Waals surface area contributed by atoms with Crippen molar-refractivity contribution in [1.29, 1.82) is 0 Å². The van der Waals surface area contributed by atoms with Gasteiger partial charge in [-0.3, -0.25) is 9.36 Å². The highest BCUT2D eigenvalue weighted by atomic mass is 32.2. The molecule has 8 heteroatoms. The van der Waals surface area contributed by atoms with E-state index >= 15 is 0 Å². The number of hydrogen-bond donors (Lipinski definition) is 1. The minimum Gasteiger partial charge on any atom is -0.311 e. The summed E-state index contributed by atoms with van der Waals surface area (Å²) < 4.78 is 27.6. The third kappa shape index (κ3) is 3.15. The third-order valence-corrected chi connectivity index (χ3v) is 8.22. The maximum absolute atomic E-state index is 12.4. The fourth-order valence-corrected chi connectivity index (χ4v) is 5.74. The summed E-state index contributed by atoms with van der Waals surface area (Å²) in [6, 6.07) is 5.42. The molecule has 2 aromatic rings. The van der Waals surface area contributed by atoms with Gasteiger partial charge in [-0.15, -0.1) is 11.3 Å². The summed E-state index contributed by atoms with van der Waals surface area (Å²) in [5.41, 5.74) is 1.28. The first kappa shape index (κ1) is 17.9. The van der Waals surface area contributed by atoms with E-state index in [0.29, 0.717) is 18.6 Å². The molecule has 2 aliphatic rings. The lowest BCUT2D eigenvalue weighted by atomic mass is 9.96. The monoisotopic (exact) mass is 394 g/mol. The molecule has 0 spiro atoms. The second kappa shape index (κ2) is 6.60. The van der Waals surface area contributed by atoms with E-state index in [1.54, 1.807) is 4.57 Å². The standard InChI is InChI=1S/C18H23N3O3S2/c1-19(2)26(23,24)14-5-6-17(22)21(11-14)12-20-9-7-16-15(8-10-25-16)18(20)13-3-4-13/h5-6,8,10-11,13,18H,3-4,7,9,12H2,1-2H3/p+1/t18-/m0/s1. The molecule has 0 saturated heterocycles. The van der Waals surface area contributed by atoms with Crippen LogP contribution in [0.25, 0.3) is 0 Å². The average molecular weight is 395 g/mol. The first-order valence-corrected chi connectivity index (χ1v) is 11.2. The molecule has 1 aliphatic carbocycles. The predicted octanol–water partition coefficient (Wildman–Crippen LogP) is 0.710. The van der Waals surface area contributed by atoms with E-state index in [9.17, 15) is 13.2 Å². The molecule has 0 bridgehead atoms. The minimum absolute atomic E-state index is 0.152. The molecule has 0 radical (unpaired) electrons. The summed E-state index contributed by atoms with van der Waals surface area (Å²) in [6.45, 7) is 1.48. The highest BCUT2D eigenvalue weighted by Gasteiger charge is 2.43. The van der Waals surface area contributed by atoms with Gasteiger partial charge in [-0.2, -0.15) is 0 Å². The Bertz CT molecular complexity index is 974. The van der Waals surface area contributed by atoms with Crippen molar-refractivity contribution in [2.45, 2.75) is 36.9 Å². The summed E-state index contributed by atoms with van der Waals surface area (Å²) in [7, 11) is -0.544. The molecule has 3 heterocycles. The molecule has 0 aromatic carbocycles. The van der Waals surface area contributed by atoms with Gasteiger partial charge in [-0.05, 0) is 30.4 Å². The molecule has 1 unspecified atom stereocenters. The van der Waals surface area contributed by atoms with Crippen molar-refractivity contribution in [3.8, 4) is 0 Å². The Morgan fingerprint density at radius 3 is 2.73 bits per heavy atom. The van der Waals surface area contributed by atoms with Crippen LogP contribution in [0.3, 0.4) is 0 Å². The van der Waals surface area contributed by atoms with Crippen LogP contribution >= 0.6 is 11.3 Å². The molecule has 6 nitrogen and oxygen atoms in total. The van der Waals surface area contributed by atoms with Crippen molar-refractivity contribution in [2.24, 2.45) is 5.92 Å². The van der Waals surface area contributed by atoms with Crippen LogP contribution in [-0.4, -0.2) is 37.9 Å². The Labute approximate surface area is 157 Å². The molecule has 0 amide bonds. The topological polar surface area (TPSA) is 63.8 Å². The highest BCUT2D eigenvalue weighted by Crippen LogP contribution is 2.42. The third-order valence-electron chi connectivity index (χ3n) is 5.43. The van der Waals surface area contributed by atoms with E-state index < -0.39 is 10.0 Å². The number of quaternary nitrogens is 1. The van der Waals surface area contributed by atoms with E-state index in [2.05, 4.69) is 11.4 Å². The van der Waals surface area contributed by atoms with Gasteiger partial charge in [0.15, 0.2) is 6.67 Å². The number of pyridine rings is 1. The zero-order chi connectivity index (χ0) is 18.5. The first-order valence-electron chi connectivity index (χ1n) is 8.92. The Morgan fingerprint density at radius 1 is 1.27 bits per heavy atom. The van der Waals surface area contributed by atoms with Crippen LogP contribution in [0.15, 0.2) is 39.5 Å². The quantitative estimate of drug-likeness (QED) is 0.812. The number of fused-ring (bicyclic) bond motifs is 1. The highest BCUT2D eigenvalue weighted by molar-refractivity contribution is 7.89. The number of thiophene rings is 1. The number of aromatic nitrogens is 1. The fourth-order valence-electron chi connectivity index (χ4n) is 3.89. The van der Waals surface area contributed by atoms with E-state index in [1.165, 1.54) is 64.9 Å². The maximum Gasteiger partial charge on any atom is 0.254 e. The molecule has 1 aliphatic heterocycles. The smallest absolute Gasteiger partial charge is 0.254 e. The second-order valence-corrected chi connectivity index (χ2v) is 10.5. The summed E-state index contributed by atoms with van der Waals surface area (Å²) >= 11 is 1.83. The zero-order valence-corrected chi connectivity index (χ0v) is 16.6. The van der Waals surface area contributed by atoms with Gasteiger partial charge in [0, 0.05) is 49.1 Å². The molecule has 2 atom stereocenters. The van der Waals surface area contributed by atoms with Crippen LogP contribution in [0.2, 0.25) is 0 Å². The second-order valence-electron chi connectivity index (χ2n) is 7.39. The van der Waals surface area contributed by atoms with Crippen molar-refractivity contribution in [3.05, 3.63) is 50.6 Å². The van der Waals surface area contributed by atoms with Crippen LogP contribution in [-0.2, 0) is 23.1 Å². The molecule has 2 aromatic heterocycles. The van der Waals surface area contributed by atoms with Crippen LogP contribution < -0.4 is 10.5 Å². The van der Waals surface area contributed by atoms with Gasteiger partial charge in [0.25, 0.3) is 5.56 Å². The largest absolute Gasteiger partial charge is 0.311 e. The van der Waals surface area contributed by atoms with Crippen LogP contribution in [0.1, 0.15) is 29.3 Å². The van der Waals surface area contributed by atoms with Crippen LogP contribution in [0.4, 0.5) is 0 Å². The van der Waals surface area contributed by atoms with Gasteiger partial charge in [0.2, 0.25) is 10.0 Å². The van der Waals surface area contributed by atoms with E-state index in [4.69, 9.17) is 0 Å². The van der Waals surface area contributed by atoms with Gasteiger partial charge in [0.1, 0.15) is 6.04 Å². The summed E-state index contributed by atoms with van der Waals surface area (Å²) in [5, 5.41) is 2.17. The molecule has 26 heavy (non-hydrogen) atoms. The minimum atomic E-state index is -3.55. The summed E-state index contributed by atoms with van der Waals surface area (Å²) in [4.78, 5) is 15.4. The zero-order valence-electron chi connectivity index (χ0n) is 15.0. The number of rotatable bonds is 5. The maximum atomic E-state index is 12.4. The predicted molar refractivity (Wildman–Crippen MR) is 101 cm³/mol. The SMILES string of the molecule is CN(C)S(=O)(=O)c1ccc(=O)n(C[NH+]2CCc3sccc3[C@@H]2C2CC2)c1. The molecule has 1 fully saturated rings. The Kier molecular flexibility index (Phi) is 4.54. The normalized spacial score (nSPS) is 23.2. The van der Waals surface area contributed by atoms with E-state index in [0.717, 1.165) is 13.0 Å². The van der Waals surface area contributed by atoms with Crippen molar-refractivity contribution < 1.29 is 13.3 Å². The summed E-state index contributed by atoms with van der Waals surface area (Å²) in [5.74, 6) is 0.683. The molecular formula is C18H24N3O3S2+. The van der Waals surface area contributed by atoms with E-state index in [1.807, 2.05) is 11.3 Å². The molecule has 4 rings (SSSR count). The van der Waals surface area contributed by atoms with Crippen molar-refractivity contribution in [1.82, 2.24) is 8.87 Å². The van der Waals surface area contributed by atoms with Crippen molar-refractivity contribution >= 4 is 21.4 Å². The Morgan fingerprint density at radius 2 is 2.04 bits per heavy atom. The molecular weight excluding hydrogens is 370 g/mol. The average Bonchev–Trinajstić information content (AvgIpc) is 3.32. The number of sulfonamides is 1. The van der Waals surface area contributed by atoms with Crippen molar-refractivity contribution in [3.63, 3.8) is 0 Å². The lowest BCUT2D eigenvalue weighted by Gasteiger charge is -2.33. The lowest BCUT2D eigenvalue weighted by molar-refractivity contribution is -0.958. The van der Waals surface area contributed by atoms with Gasteiger partial charge >= 0.3 is 0 Å². The fraction of sp³-hybridized carbons (Fsp3) is 0.500. The molecule has 1 saturated carbocycles. The van der Waals surface area contributed by atoms with Gasteiger partial charge in [-0.1, -0.05) is 0 Å². The van der Waals surface area contributed by atoms with Gasteiger partial charge in [-0.25, -0.2) is 12.7 Å². The number of hydrogen-bond acceptors (Lipinski definition) is 4. The van der Waals surface area contributed by atoms with E-state index in [-0.39, 0.29) is 10.5 Å². The molecule has 140 valence electrons. The van der Waals surface area contributed by atoms with Crippen LogP contribution in [0, 0.1) is 5.92 Å². The number of nitrogens with zero attached hydrogens (tertiary/aromatic N) is 2. The Hall–Kier alpha value is -1.48. The first-order chi connectivity index (χ1) is 12.4. The van der Waals surface area contributed by atoms with Gasteiger partial charge < -0.3 is 4.90 Å². The molecule has 1 N–H and O–H groups in total.